The predicted molar refractivity (Wildman–Crippen MR) is 113 cm³/mol. The van der Waals surface area contributed by atoms with Gasteiger partial charge in [-0.1, -0.05) is 72.4 Å². The van der Waals surface area contributed by atoms with Crippen LogP contribution in [0, 0.1) is 6.92 Å². The number of aryl methyl sites for hydroxylation is 1. The van der Waals surface area contributed by atoms with Crippen molar-refractivity contribution in [2.45, 2.75) is 12.1 Å². The van der Waals surface area contributed by atoms with Crippen molar-refractivity contribution in [1.29, 1.82) is 0 Å². The molecule has 0 spiro atoms. The molecule has 0 aliphatic rings. The molecule has 1 amide bonds. The van der Waals surface area contributed by atoms with Gasteiger partial charge in [-0.3, -0.25) is 10.1 Å². The van der Waals surface area contributed by atoms with Crippen LogP contribution >= 0.6 is 11.8 Å². The number of oxazole rings is 1. The third-order valence-electron chi connectivity index (χ3n) is 4.06. The number of hydrogen-bond donors (Lipinski definition) is 1. The molecule has 0 bridgehead atoms. The van der Waals surface area contributed by atoms with Gasteiger partial charge in [-0.05, 0) is 13.0 Å². The Morgan fingerprint density at radius 3 is 2.34 bits per heavy atom. The normalized spacial score (nSPS) is 10.7. The van der Waals surface area contributed by atoms with Crippen molar-refractivity contribution in [3.8, 4) is 22.6 Å². The molecule has 4 aromatic rings. The number of anilines is 1. The molecule has 0 saturated carbocycles. The second-order valence-corrected chi connectivity index (χ2v) is 7.19. The Hall–Kier alpha value is -3.45. The first-order chi connectivity index (χ1) is 14.2. The van der Waals surface area contributed by atoms with E-state index in [2.05, 4.69) is 20.3 Å². The summed E-state index contributed by atoms with van der Waals surface area (Å²) in [5.41, 5.74) is 3.34. The summed E-state index contributed by atoms with van der Waals surface area (Å²) in [5, 5.41) is 3.29. The number of benzene rings is 2. The van der Waals surface area contributed by atoms with Gasteiger partial charge in [0.05, 0.1) is 5.75 Å². The molecule has 0 fully saturated rings. The number of nitrogens with one attached hydrogen (secondary N) is 1. The van der Waals surface area contributed by atoms with E-state index in [1.165, 1.54) is 11.8 Å². The van der Waals surface area contributed by atoms with Gasteiger partial charge in [-0.15, -0.1) is 0 Å². The first-order valence-electron chi connectivity index (χ1n) is 9.03. The van der Waals surface area contributed by atoms with Gasteiger partial charge in [0.2, 0.25) is 5.91 Å². The molecule has 29 heavy (non-hydrogen) atoms. The third kappa shape index (κ3) is 4.70. The number of carbonyl (C=O) groups is 1. The highest BCUT2D eigenvalue weighted by Crippen LogP contribution is 2.34. The van der Waals surface area contributed by atoms with Crippen LogP contribution in [0.5, 0.6) is 0 Å². The maximum Gasteiger partial charge on any atom is 0.302 e. The topological polar surface area (TPSA) is 80.9 Å². The van der Waals surface area contributed by atoms with Gasteiger partial charge in [0.15, 0.2) is 10.9 Å². The highest BCUT2D eigenvalue weighted by molar-refractivity contribution is 7.99. The van der Waals surface area contributed by atoms with E-state index >= 15 is 0 Å². The van der Waals surface area contributed by atoms with E-state index < -0.39 is 0 Å². The van der Waals surface area contributed by atoms with Crippen LogP contribution in [0.1, 0.15) is 5.69 Å². The van der Waals surface area contributed by atoms with Crippen LogP contribution in [0.4, 0.5) is 6.01 Å². The summed E-state index contributed by atoms with van der Waals surface area (Å²) in [6, 6.07) is 21.4. The zero-order valence-electron chi connectivity index (χ0n) is 15.7. The molecular formula is C22H18N4O2S. The van der Waals surface area contributed by atoms with E-state index in [0.717, 1.165) is 16.8 Å². The second-order valence-electron chi connectivity index (χ2n) is 6.25. The average Bonchev–Trinajstić information content (AvgIpc) is 3.17. The number of hydrogen-bond acceptors (Lipinski definition) is 6. The Morgan fingerprint density at radius 1 is 0.966 bits per heavy atom. The lowest BCUT2D eigenvalue weighted by atomic mass is 10.1. The zero-order chi connectivity index (χ0) is 20.1. The van der Waals surface area contributed by atoms with Gasteiger partial charge < -0.3 is 4.42 Å². The molecule has 2 heterocycles. The van der Waals surface area contributed by atoms with Gasteiger partial charge in [0.25, 0.3) is 0 Å². The number of carbonyl (C=O) groups excluding carboxylic acids is 1. The molecule has 0 atom stereocenters. The van der Waals surface area contributed by atoms with Crippen molar-refractivity contribution in [2.24, 2.45) is 0 Å². The Balaban J connectivity index is 1.55. The number of aromatic nitrogens is 3. The lowest BCUT2D eigenvalue weighted by molar-refractivity contribution is -0.113. The van der Waals surface area contributed by atoms with Crippen LogP contribution in [0.25, 0.3) is 22.6 Å². The van der Waals surface area contributed by atoms with Crippen LogP contribution < -0.4 is 5.32 Å². The van der Waals surface area contributed by atoms with Crippen LogP contribution in [0.2, 0.25) is 0 Å². The lowest BCUT2D eigenvalue weighted by Crippen LogP contribution is -2.14. The molecule has 0 unspecified atom stereocenters. The van der Waals surface area contributed by atoms with Crippen molar-refractivity contribution in [2.75, 3.05) is 11.1 Å². The van der Waals surface area contributed by atoms with Crippen molar-refractivity contribution in [1.82, 2.24) is 15.0 Å². The summed E-state index contributed by atoms with van der Waals surface area (Å²) in [7, 11) is 0. The van der Waals surface area contributed by atoms with Crippen molar-refractivity contribution in [3.05, 3.63) is 78.6 Å². The monoisotopic (exact) mass is 402 g/mol. The minimum Gasteiger partial charge on any atom is -0.423 e. The minimum atomic E-state index is -0.236. The van der Waals surface area contributed by atoms with Gasteiger partial charge in [-0.25, -0.2) is 9.97 Å². The molecule has 144 valence electrons. The first kappa shape index (κ1) is 18.9. The maximum absolute atomic E-state index is 12.4. The van der Waals surface area contributed by atoms with Gasteiger partial charge in [0, 0.05) is 23.0 Å². The zero-order valence-corrected chi connectivity index (χ0v) is 16.5. The summed E-state index contributed by atoms with van der Waals surface area (Å²) in [6.07, 6.45) is 1.68. The van der Waals surface area contributed by atoms with Gasteiger partial charge >= 0.3 is 6.01 Å². The van der Waals surface area contributed by atoms with E-state index in [1.54, 1.807) is 6.20 Å². The van der Waals surface area contributed by atoms with Gasteiger partial charge in [0.1, 0.15) is 5.69 Å². The molecule has 6 nitrogen and oxygen atoms in total. The average molecular weight is 402 g/mol. The fourth-order valence-electron chi connectivity index (χ4n) is 2.73. The summed E-state index contributed by atoms with van der Waals surface area (Å²) in [6.45, 7) is 1.88. The minimum absolute atomic E-state index is 0.160. The van der Waals surface area contributed by atoms with Crippen LogP contribution in [-0.2, 0) is 4.79 Å². The van der Waals surface area contributed by atoms with Crippen LogP contribution in [0.3, 0.4) is 0 Å². The molecule has 0 aliphatic carbocycles. The van der Waals surface area contributed by atoms with E-state index in [-0.39, 0.29) is 17.7 Å². The second kappa shape index (κ2) is 8.70. The molecular weight excluding hydrogens is 384 g/mol. The molecule has 4 rings (SSSR count). The largest absolute Gasteiger partial charge is 0.423 e. The molecule has 1 N–H and O–H groups in total. The van der Waals surface area contributed by atoms with Gasteiger partial charge in [-0.2, -0.15) is 4.98 Å². The summed E-state index contributed by atoms with van der Waals surface area (Å²) in [4.78, 5) is 25.3. The number of amides is 1. The maximum atomic E-state index is 12.4. The van der Waals surface area contributed by atoms with E-state index in [9.17, 15) is 4.79 Å². The predicted octanol–water partition coefficient (Wildman–Crippen LogP) is 4.84. The molecule has 7 heteroatoms. The van der Waals surface area contributed by atoms with Crippen LogP contribution in [0.15, 0.2) is 82.5 Å². The van der Waals surface area contributed by atoms with E-state index in [4.69, 9.17) is 4.42 Å². The number of thioether (sulfide) groups is 1. The summed E-state index contributed by atoms with van der Waals surface area (Å²) >= 11 is 1.26. The molecule has 2 aromatic heterocycles. The highest BCUT2D eigenvalue weighted by Gasteiger charge is 2.18. The number of rotatable bonds is 6. The Kier molecular flexibility index (Phi) is 5.67. The fourth-order valence-corrected chi connectivity index (χ4v) is 3.41. The number of nitrogens with zero attached hydrogens (tertiary/aromatic N) is 3. The molecule has 2 aromatic carbocycles. The van der Waals surface area contributed by atoms with Crippen molar-refractivity contribution in [3.63, 3.8) is 0 Å². The van der Waals surface area contributed by atoms with E-state index in [1.807, 2.05) is 73.7 Å². The highest BCUT2D eigenvalue weighted by atomic mass is 32.2. The summed E-state index contributed by atoms with van der Waals surface area (Å²) < 4.78 is 5.91. The molecule has 0 aliphatic heterocycles. The van der Waals surface area contributed by atoms with Crippen molar-refractivity contribution >= 4 is 23.7 Å². The smallest absolute Gasteiger partial charge is 0.302 e. The quantitative estimate of drug-likeness (QED) is 0.367. The standard InChI is InChI=1S/C22H18N4O2S/c1-15-12-13-23-22(24-15)29-14-18(27)25-21-26-19(16-8-4-2-5-9-16)20(28-21)17-10-6-3-7-11-17/h2-13H,14H2,1H3,(H,25,26,27). The Bertz CT molecular complexity index is 1060. The third-order valence-corrected chi connectivity index (χ3v) is 4.92. The molecule has 0 radical (unpaired) electrons. The van der Waals surface area contributed by atoms with Crippen LogP contribution in [-0.4, -0.2) is 26.6 Å². The SMILES string of the molecule is Cc1ccnc(SCC(=O)Nc2nc(-c3ccccc3)c(-c3ccccc3)o2)n1. The first-order valence-corrected chi connectivity index (χ1v) is 10.0. The lowest BCUT2D eigenvalue weighted by Gasteiger charge is -2.01. The Morgan fingerprint density at radius 2 is 1.66 bits per heavy atom. The fraction of sp³-hybridized carbons (Fsp3) is 0.0909. The Labute approximate surface area is 172 Å². The summed E-state index contributed by atoms with van der Waals surface area (Å²) in [5.74, 6) is 0.537. The van der Waals surface area contributed by atoms with E-state index in [0.29, 0.717) is 16.6 Å². The van der Waals surface area contributed by atoms with Crippen molar-refractivity contribution < 1.29 is 9.21 Å². The molecule has 0 saturated heterocycles.